The van der Waals surface area contributed by atoms with E-state index in [0.29, 0.717) is 29.8 Å². The lowest BCUT2D eigenvalue weighted by molar-refractivity contribution is 0.0528. The zero-order chi connectivity index (χ0) is 24.8. The fourth-order valence-corrected chi connectivity index (χ4v) is 4.61. The number of carbonyl (C=O) groups excluding carboxylic acids is 1. The number of nitrogens with zero attached hydrogens (tertiary/aromatic N) is 6. The van der Waals surface area contributed by atoms with Gasteiger partial charge >= 0.3 is 5.97 Å². The van der Waals surface area contributed by atoms with Crippen LogP contribution in [0.1, 0.15) is 46.7 Å². The van der Waals surface area contributed by atoms with Crippen LogP contribution >= 0.6 is 0 Å². The molecular formula is C28H25N6O2. The van der Waals surface area contributed by atoms with E-state index in [0.717, 1.165) is 22.3 Å². The van der Waals surface area contributed by atoms with Gasteiger partial charge in [-0.3, -0.25) is 0 Å². The molecular weight excluding hydrogens is 452 g/mol. The second-order valence-corrected chi connectivity index (χ2v) is 8.73. The number of aryl methyl sites for hydroxylation is 1. The van der Waals surface area contributed by atoms with Crippen molar-refractivity contribution in [1.82, 2.24) is 29.2 Å². The lowest BCUT2D eigenvalue weighted by atomic mass is 9.97. The molecule has 0 amide bonds. The first-order valence-corrected chi connectivity index (χ1v) is 11.7. The molecule has 0 spiro atoms. The lowest BCUT2D eigenvalue weighted by Crippen LogP contribution is -2.07. The Morgan fingerprint density at radius 3 is 2.67 bits per heavy atom. The van der Waals surface area contributed by atoms with E-state index in [2.05, 4.69) is 64.4 Å². The third-order valence-corrected chi connectivity index (χ3v) is 6.37. The minimum absolute atomic E-state index is 0. The molecule has 0 aliphatic heterocycles. The Morgan fingerprint density at radius 1 is 1.03 bits per heavy atom. The van der Waals surface area contributed by atoms with Gasteiger partial charge in [0.1, 0.15) is 18.2 Å². The highest BCUT2D eigenvalue weighted by molar-refractivity contribution is 6.18. The van der Waals surface area contributed by atoms with Crippen LogP contribution in [0.15, 0.2) is 68.0 Å². The summed E-state index contributed by atoms with van der Waals surface area (Å²) < 4.78 is 8.61. The summed E-state index contributed by atoms with van der Waals surface area (Å²) in [5, 5.41) is 8.39. The van der Waals surface area contributed by atoms with Crippen LogP contribution in [-0.4, -0.2) is 41.8 Å². The molecule has 6 rings (SSSR count). The van der Waals surface area contributed by atoms with Crippen molar-refractivity contribution in [2.45, 2.75) is 20.3 Å². The molecule has 179 valence electrons. The van der Waals surface area contributed by atoms with Crippen molar-refractivity contribution in [3.8, 4) is 0 Å². The largest absolute Gasteiger partial charge is 0.462 e. The molecule has 8 heteroatoms. The summed E-state index contributed by atoms with van der Waals surface area (Å²) in [7, 11) is 0. The van der Waals surface area contributed by atoms with Crippen LogP contribution in [-0.2, 0) is 11.2 Å². The molecule has 5 aromatic rings. The van der Waals surface area contributed by atoms with Gasteiger partial charge in [-0.15, -0.1) is 0 Å². The Balaban J connectivity index is 0.00000280. The molecule has 0 unspecified atom stereocenters. The van der Waals surface area contributed by atoms with Gasteiger partial charge in [0.05, 0.1) is 17.9 Å². The number of allylic oxidation sites excluding steroid dienone is 3. The molecule has 1 aromatic carbocycles. The summed E-state index contributed by atoms with van der Waals surface area (Å²) in [6, 6.07) is 12.3. The molecule has 36 heavy (non-hydrogen) atoms. The second kappa shape index (κ2) is 8.57. The van der Waals surface area contributed by atoms with Crippen LogP contribution in [0.25, 0.3) is 27.9 Å². The van der Waals surface area contributed by atoms with Crippen molar-refractivity contribution in [1.29, 1.82) is 0 Å². The van der Waals surface area contributed by atoms with Crippen molar-refractivity contribution in [3.05, 3.63) is 108 Å². The highest BCUT2D eigenvalue weighted by Gasteiger charge is 2.27. The SMILES string of the molecule is C=C(Cc1ccc(C2=C(c3ccn4ncnc4c3)[CH]2)c(C)c1)c1ncnn2ccc(C(=O)OCC)c12.[HH]. The van der Waals surface area contributed by atoms with Gasteiger partial charge in [-0.1, -0.05) is 24.8 Å². The number of benzene rings is 1. The van der Waals surface area contributed by atoms with Gasteiger partial charge in [0.25, 0.3) is 0 Å². The number of hydrogen-bond acceptors (Lipinski definition) is 6. The Bertz CT molecular complexity index is 1710. The molecule has 1 aliphatic carbocycles. The zero-order valence-electron chi connectivity index (χ0n) is 20.0. The van der Waals surface area contributed by atoms with E-state index in [1.54, 1.807) is 34.5 Å². The van der Waals surface area contributed by atoms with E-state index in [1.807, 2.05) is 12.3 Å². The number of hydrogen-bond donors (Lipinski definition) is 0. The first-order chi connectivity index (χ1) is 17.5. The Labute approximate surface area is 209 Å². The normalized spacial score (nSPS) is 12.9. The van der Waals surface area contributed by atoms with Crippen molar-refractivity contribution in [2.75, 3.05) is 6.61 Å². The number of esters is 1. The molecule has 0 bridgehead atoms. The number of rotatable bonds is 7. The molecule has 8 nitrogen and oxygen atoms in total. The summed E-state index contributed by atoms with van der Waals surface area (Å²) >= 11 is 0. The topological polar surface area (TPSA) is 86.7 Å². The summed E-state index contributed by atoms with van der Waals surface area (Å²) in [5.74, 6) is -0.392. The van der Waals surface area contributed by atoms with Crippen LogP contribution in [0.2, 0.25) is 0 Å². The molecule has 0 saturated carbocycles. The van der Waals surface area contributed by atoms with Crippen molar-refractivity contribution < 1.29 is 11.0 Å². The quantitative estimate of drug-likeness (QED) is 0.310. The van der Waals surface area contributed by atoms with Gasteiger partial charge in [0.2, 0.25) is 0 Å². The van der Waals surface area contributed by atoms with E-state index in [9.17, 15) is 4.79 Å². The van der Waals surface area contributed by atoms with E-state index in [4.69, 9.17) is 4.74 Å². The smallest absolute Gasteiger partial charge is 0.340 e. The lowest BCUT2D eigenvalue weighted by Gasteiger charge is -2.10. The van der Waals surface area contributed by atoms with Crippen LogP contribution < -0.4 is 0 Å². The average molecular weight is 478 g/mol. The predicted octanol–water partition coefficient (Wildman–Crippen LogP) is 4.89. The van der Waals surface area contributed by atoms with E-state index in [1.165, 1.54) is 28.6 Å². The summed E-state index contributed by atoms with van der Waals surface area (Å²) in [5.41, 5.74) is 10.5. The Morgan fingerprint density at radius 2 is 1.83 bits per heavy atom. The highest BCUT2D eigenvalue weighted by Crippen LogP contribution is 2.47. The molecule has 0 fully saturated rings. The predicted molar refractivity (Wildman–Crippen MR) is 139 cm³/mol. The second-order valence-electron chi connectivity index (χ2n) is 8.73. The van der Waals surface area contributed by atoms with Crippen molar-refractivity contribution >= 4 is 33.9 Å². The van der Waals surface area contributed by atoms with Gasteiger partial charge in [0, 0.05) is 20.2 Å². The first-order valence-electron chi connectivity index (χ1n) is 11.7. The van der Waals surface area contributed by atoms with Crippen LogP contribution in [0.4, 0.5) is 0 Å². The van der Waals surface area contributed by atoms with E-state index < -0.39 is 5.97 Å². The van der Waals surface area contributed by atoms with Gasteiger partial charge in [-0.05, 0) is 77.4 Å². The maximum Gasteiger partial charge on any atom is 0.340 e. The minimum Gasteiger partial charge on any atom is -0.462 e. The fourth-order valence-electron chi connectivity index (χ4n) is 4.61. The van der Waals surface area contributed by atoms with Crippen LogP contribution in [0.3, 0.4) is 0 Å². The number of aromatic nitrogens is 6. The zero-order valence-corrected chi connectivity index (χ0v) is 20.0. The van der Waals surface area contributed by atoms with E-state index in [-0.39, 0.29) is 1.43 Å². The Hall–Kier alpha value is -4.59. The van der Waals surface area contributed by atoms with Gasteiger partial charge in [-0.25, -0.2) is 23.8 Å². The molecule has 0 atom stereocenters. The molecule has 1 radical (unpaired) electrons. The van der Waals surface area contributed by atoms with Gasteiger partial charge < -0.3 is 4.74 Å². The van der Waals surface area contributed by atoms with Crippen molar-refractivity contribution in [2.24, 2.45) is 0 Å². The number of ether oxygens (including phenoxy) is 1. The van der Waals surface area contributed by atoms with Gasteiger partial charge in [0.15, 0.2) is 5.65 Å². The van der Waals surface area contributed by atoms with Gasteiger partial charge in [-0.2, -0.15) is 10.2 Å². The third-order valence-electron chi connectivity index (χ3n) is 6.37. The standard InChI is InChI=1S/C28H23N6O2.H2/c1-4-36-28(35)22-8-10-34-27(22)26(30-16-32-34)18(3)12-19-5-6-21(17(2)11-19)24-14-23(24)20-7-9-33-25(13-20)29-15-31-33;/h5-11,13-16H,3-4,12H2,1-2H3;1H. The number of carbonyl (C=O) groups is 1. The average Bonchev–Trinajstić information content (AvgIpc) is 3.31. The summed E-state index contributed by atoms with van der Waals surface area (Å²) in [4.78, 5) is 21.2. The number of pyridine rings is 1. The molecule has 1 aliphatic rings. The van der Waals surface area contributed by atoms with Crippen LogP contribution in [0.5, 0.6) is 0 Å². The Kier molecular flexibility index (Phi) is 5.21. The fraction of sp³-hybridized carbons (Fsp3) is 0.143. The van der Waals surface area contributed by atoms with Crippen LogP contribution in [0, 0.1) is 13.3 Å². The molecule has 0 saturated heterocycles. The minimum atomic E-state index is -0.392. The van der Waals surface area contributed by atoms with Crippen molar-refractivity contribution in [3.63, 3.8) is 0 Å². The van der Waals surface area contributed by atoms with E-state index >= 15 is 0 Å². The summed E-state index contributed by atoms with van der Waals surface area (Å²) in [6.45, 7) is 8.49. The molecule has 4 heterocycles. The molecule has 4 aromatic heterocycles. The summed E-state index contributed by atoms with van der Waals surface area (Å²) in [6.07, 6.45) is 9.49. The number of fused-ring (bicyclic) bond motifs is 2. The third kappa shape index (κ3) is 3.76. The monoisotopic (exact) mass is 477 g/mol. The maximum absolute atomic E-state index is 12.4. The molecule has 0 N–H and O–H groups in total. The highest BCUT2D eigenvalue weighted by atomic mass is 16.5. The first kappa shape index (κ1) is 21.9. The maximum atomic E-state index is 12.4.